The van der Waals surface area contributed by atoms with Crippen LogP contribution >= 0.6 is 0 Å². The Morgan fingerprint density at radius 2 is 1.71 bits per heavy atom. The summed E-state index contributed by atoms with van der Waals surface area (Å²) in [7, 11) is 0. The van der Waals surface area contributed by atoms with Crippen LogP contribution in [-0.2, 0) is 25.6 Å². The van der Waals surface area contributed by atoms with E-state index in [0.29, 0.717) is 0 Å². The molecule has 130 valence electrons. The molecular formula is C16H21N3O5. The Balaban J connectivity index is 2.79. The Morgan fingerprint density at radius 3 is 2.21 bits per heavy atom. The number of primary amides is 1. The first-order valence-electron chi connectivity index (χ1n) is 7.42. The molecule has 0 unspecified atom stereocenters. The van der Waals surface area contributed by atoms with Crippen LogP contribution in [0.2, 0.25) is 0 Å². The van der Waals surface area contributed by atoms with Gasteiger partial charge in [-0.25, -0.2) is 0 Å². The van der Waals surface area contributed by atoms with Crippen LogP contribution < -0.4 is 16.4 Å². The fourth-order valence-corrected chi connectivity index (χ4v) is 2.13. The van der Waals surface area contributed by atoms with Gasteiger partial charge in [-0.2, -0.15) is 0 Å². The van der Waals surface area contributed by atoms with Crippen molar-refractivity contribution in [2.75, 3.05) is 0 Å². The first-order valence-corrected chi connectivity index (χ1v) is 7.42. The first kappa shape index (κ1) is 19.1. The van der Waals surface area contributed by atoms with E-state index in [-0.39, 0.29) is 19.3 Å². The molecule has 5 N–H and O–H groups in total. The van der Waals surface area contributed by atoms with Crippen molar-refractivity contribution in [3.63, 3.8) is 0 Å². The van der Waals surface area contributed by atoms with E-state index in [9.17, 15) is 19.2 Å². The second-order valence-corrected chi connectivity index (χ2v) is 5.34. The predicted octanol–water partition coefficient (Wildman–Crippen LogP) is -0.431. The molecular weight excluding hydrogens is 314 g/mol. The van der Waals surface area contributed by atoms with Crippen molar-refractivity contribution in [3.8, 4) is 0 Å². The molecule has 1 aromatic carbocycles. The number of carboxylic acid groups (broad SMARTS) is 1. The molecule has 0 aromatic heterocycles. The van der Waals surface area contributed by atoms with Crippen molar-refractivity contribution in [2.24, 2.45) is 5.73 Å². The molecule has 0 radical (unpaired) electrons. The summed E-state index contributed by atoms with van der Waals surface area (Å²) in [5.74, 6) is -2.92. The van der Waals surface area contributed by atoms with Crippen molar-refractivity contribution in [3.05, 3.63) is 35.9 Å². The number of benzene rings is 1. The van der Waals surface area contributed by atoms with Crippen LogP contribution in [0.5, 0.6) is 0 Å². The summed E-state index contributed by atoms with van der Waals surface area (Å²) in [5, 5.41) is 13.6. The number of carbonyl (C=O) groups excluding carboxylic acids is 3. The number of carbonyl (C=O) groups is 4. The van der Waals surface area contributed by atoms with Crippen LogP contribution in [0.25, 0.3) is 0 Å². The lowest BCUT2D eigenvalue weighted by Crippen LogP contribution is -2.53. The molecule has 0 fully saturated rings. The van der Waals surface area contributed by atoms with Crippen LogP contribution in [0.15, 0.2) is 30.3 Å². The van der Waals surface area contributed by atoms with E-state index in [0.717, 1.165) is 5.56 Å². The predicted molar refractivity (Wildman–Crippen MR) is 85.7 cm³/mol. The SMILES string of the molecule is CC(=O)N[C@H](Cc1ccccc1)C(=O)N[C@@H](CCC(=O)O)C(N)=O. The smallest absolute Gasteiger partial charge is 0.303 e. The molecule has 0 heterocycles. The van der Waals surface area contributed by atoms with E-state index < -0.39 is 35.8 Å². The van der Waals surface area contributed by atoms with E-state index >= 15 is 0 Å². The summed E-state index contributed by atoms with van der Waals surface area (Å²) in [4.78, 5) is 45.7. The highest BCUT2D eigenvalue weighted by atomic mass is 16.4. The zero-order valence-corrected chi connectivity index (χ0v) is 13.3. The largest absolute Gasteiger partial charge is 0.481 e. The van der Waals surface area contributed by atoms with Gasteiger partial charge in [-0.05, 0) is 12.0 Å². The van der Waals surface area contributed by atoms with Crippen molar-refractivity contribution in [1.82, 2.24) is 10.6 Å². The minimum Gasteiger partial charge on any atom is -0.481 e. The fourth-order valence-electron chi connectivity index (χ4n) is 2.13. The molecule has 0 aliphatic rings. The van der Waals surface area contributed by atoms with Gasteiger partial charge in [0.05, 0.1) is 0 Å². The van der Waals surface area contributed by atoms with Crippen LogP contribution in [0, 0.1) is 0 Å². The van der Waals surface area contributed by atoms with Crippen molar-refractivity contribution in [1.29, 1.82) is 0 Å². The van der Waals surface area contributed by atoms with E-state index in [2.05, 4.69) is 10.6 Å². The van der Waals surface area contributed by atoms with Crippen LogP contribution in [0.1, 0.15) is 25.3 Å². The number of aliphatic carboxylic acids is 1. The number of hydrogen-bond donors (Lipinski definition) is 4. The molecule has 0 aliphatic heterocycles. The Bertz CT molecular complexity index is 603. The van der Waals surface area contributed by atoms with Gasteiger partial charge in [0.1, 0.15) is 12.1 Å². The molecule has 0 saturated heterocycles. The molecule has 1 aromatic rings. The summed E-state index contributed by atoms with van der Waals surface area (Å²) in [5.41, 5.74) is 6.02. The molecule has 8 heteroatoms. The van der Waals surface area contributed by atoms with Crippen molar-refractivity contribution < 1.29 is 24.3 Å². The molecule has 3 amide bonds. The summed E-state index contributed by atoms with van der Waals surface area (Å²) in [6.07, 6.45) is -0.192. The van der Waals surface area contributed by atoms with E-state index in [1.807, 2.05) is 6.07 Å². The zero-order chi connectivity index (χ0) is 18.1. The first-order chi connectivity index (χ1) is 11.3. The number of carboxylic acids is 1. The minimum atomic E-state index is -1.11. The summed E-state index contributed by atoms with van der Waals surface area (Å²) >= 11 is 0. The lowest BCUT2D eigenvalue weighted by Gasteiger charge is -2.21. The maximum atomic E-state index is 12.4. The molecule has 8 nitrogen and oxygen atoms in total. The van der Waals surface area contributed by atoms with Crippen LogP contribution in [0.3, 0.4) is 0 Å². The van der Waals surface area contributed by atoms with Crippen LogP contribution in [-0.4, -0.2) is 40.9 Å². The monoisotopic (exact) mass is 335 g/mol. The molecule has 1 rings (SSSR count). The summed E-state index contributed by atoms with van der Waals surface area (Å²) < 4.78 is 0. The third-order valence-corrected chi connectivity index (χ3v) is 3.28. The highest BCUT2D eigenvalue weighted by molar-refractivity contribution is 5.91. The Morgan fingerprint density at radius 1 is 1.08 bits per heavy atom. The lowest BCUT2D eigenvalue weighted by atomic mass is 10.0. The fraction of sp³-hybridized carbons (Fsp3) is 0.375. The molecule has 0 saturated carbocycles. The van der Waals surface area contributed by atoms with Crippen molar-refractivity contribution >= 4 is 23.7 Å². The average Bonchev–Trinajstić information content (AvgIpc) is 2.50. The van der Waals surface area contributed by atoms with Gasteiger partial charge in [-0.15, -0.1) is 0 Å². The number of nitrogens with two attached hydrogens (primary N) is 1. The number of nitrogens with one attached hydrogen (secondary N) is 2. The molecule has 0 spiro atoms. The Labute approximate surface area is 139 Å². The number of rotatable bonds is 9. The third-order valence-electron chi connectivity index (χ3n) is 3.28. The van der Waals surface area contributed by atoms with E-state index in [1.54, 1.807) is 24.3 Å². The van der Waals surface area contributed by atoms with Crippen molar-refractivity contribution in [2.45, 2.75) is 38.3 Å². The summed E-state index contributed by atoms with van der Waals surface area (Å²) in [6, 6.07) is 7.04. The third kappa shape index (κ3) is 6.91. The second kappa shape index (κ2) is 9.29. The zero-order valence-electron chi connectivity index (χ0n) is 13.3. The average molecular weight is 335 g/mol. The standard InChI is InChI=1S/C16H21N3O5/c1-10(20)18-13(9-11-5-3-2-4-6-11)16(24)19-12(15(17)23)7-8-14(21)22/h2-6,12-13H,7-9H2,1H3,(H2,17,23)(H,18,20)(H,19,24)(H,21,22)/t12-,13+/m0/s1. The van der Waals surface area contributed by atoms with Gasteiger partial charge in [0.2, 0.25) is 17.7 Å². The molecule has 0 aliphatic carbocycles. The van der Waals surface area contributed by atoms with E-state index in [4.69, 9.17) is 10.8 Å². The van der Waals surface area contributed by atoms with Gasteiger partial charge in [0, 0.05) is 19.8 Å². The molecule has 2 atom stereocenters. The Hall–Kier alpha value is -2.90. The van der Waals surface area contributed by atoms with Gasteiger partial charge >= 0.3 is 5.97 Å². The maximum Gasteiger partial charge on any atom is 0.303 e. The highest BCUT2D eigenvalue weighted by Crippen LogP contribution is 2.05. The molecule has 24 heavy (non-hydrogen) atoms. The number of hydrogen-bond acceptors (Lipinski definition) is 4. The van der Waals surface area contributed by atoms with Gasteiger partial charge in [-0.1, -0.05) is 30.3 Å². The van der Waals surface area contributed by atoms with Gasteiger partial charge < -0.3 is 21.5 Å². The summed E-state index contributed by atoms with van der Waals surface area (Å²) in [6.45, 7) is 1.28. The normalized spacial score (nSPS) is 12.7. The minimum absolute atomic E-state index is 0.117. The lowest BCUT2D eigenvalue weighted by molar-refractivity contribution is -0.137. The van der Waals surface area contributed by atoms with E-state index in [1.165, 1.54) is 6.92 Å². The number of amides is 3. The quantitative estimate of drug-likeness (QED) is 0.485. The van der Waals surface area contributed by atoms with Gasteiger partial charge in [0.15, 0.2) is 0 Å². The Kier molecular flexibility index (Phi) is 7.41. The second-order valence-electron chi connectivity index (χ2n) is 5.34. The van der Waals surface area contributed by atoms with Gasteiger partial charge in [0.25, 0.3) is 0 Å². The van der Waals surface area contributed by atoms with Crippen LogP contribution in [0.4, 0.5) is 0 Å². The topological polar surface area (TPSA) is 139 Å². The molecule has 0 bridgehead atoms. The maximum absolute atomic E-state index is 12.4. The highest BCUT2D eigenvalue weighted by Gasteiger charge is 2.25. The van der Waals surface area contributed by atoms with Gasteiger partial charge in [-0.3, -0.25) is 19.2 Å².